The van der Waals surface area contributed by atoms with Gasteiger partial charge in [0.15, 0.2) is 0 Å². The first-order valence-electron chi connectivity index (χ1n) is 5.38. The van der Waals surface area contributed by atoms with Gasteiger partial charge in [-0.15, -0.1) is 0 Å². The molecule has 0 saturated carbocycles. The molecule has 1 rings (SSSR count). The van der Waals surface area contributed by atoms with E-state index in [1.165, 1.54) is 0 Å². The van der Waals surface area contributed by atoms with E-state index in [9.17, 15) is 5.11 Å². The van der Waals surface area contributed by atoms with Gasteiger partial charge in [0.05, 0.1) is 0 Å². The molecule has 0 aliphatic carbocycles. The van der Waals surface area contributed by atoms with E-state index in [1.807, 2.05) is 0 Å². The number of hydrogen-bond donors (Lipinski definition) is 2. The summed E-state index contributed by atoms with van der Waals surface area (Å²) in [6.07, 6.45) is 2.19. The smallest absolute Gasteiger partial charge is 0.120 e. The molecule has 0 spiro atoms. The molecule has 3 heteroatoms. The van der Waals surface area contributed by atoms with Crippen molar-refractivity contribution in [1.29, 1.82) is 0 Å². The summed E-state index contributed by atoms with van der Waals surface area (Å²) < 4.78 is 0. The molecule has 15 heavy (non-hydrogen) atoms. The van der Waals surface area contributed by atoms with Crippen LogP contribution in [0.15, 0.2) is 18.2 Å². The van der Waals surface area contributed by atoms with Crippen LogP contribution >= 0.6 is 11.6 Å². The zero-order valence-electron chi connectivity index (χ0n) is 9.26. The summed E-state index contributed by atoms with van der Waals surface area (Å²) in [4.78, 5) is 0. The summed E-state index contributed by atoms with van der Waals surface area (Å²) in [6, 6.07) is 5.62. The lowest BCUT2D eigenvalue weighted by Gasteiger charge is -2.15. The molecule has 1 aromatic rings. The van der Waals surface area contributed by atoms with Gasteiger partial charge in [0.25, 0.3) is 0 Å². The molecule has 0 fully saturated rings. The van der Waals surface area contributed by atoms with Crippen molar-refractivity contribution in [2.75, 3.05) is 0 Å². The maximum absolute atomic E-state index is 9.59. The van der Waals surface area contributed by atoms with Crippen molar-refractivity contribution in [2.45, 2.75) is 39.3 Å². The van der Waals surface area contributed by atoms with E-state index in [2.05, 4.69) is 19.2 Å². The predicted octanol–water partition coefficient (Wildman–Crippen LogP) is 3.32. The first-order valence-corrected chi connectivity index (χ1v) is 5.76. The Balaban J connectivity index is 2.60. The van der Waals surface area contributed by atoms with Gasteiger partial charge in [-0.3, -0.25) is 0 Å². The Bertz CT molecular complexity index is 310. The molecular formula is C12H18ClNO. The van der Waals surface area contributed by atoms with Crippen molar-refractivity contribution in [3.05, 3.63) is 28.8 Å². The van der Waals surface area contributed by atoms with E-state index in [0.717, 1.165) is 18.4 Å². The largest absolute Gasteiger partial charge is 0.508 e. The number of nitrogens with one attached hydrogen (secondary N) is 1. The number of benzene rings is 1. The van der Waals surface area contributed by atoms with Crippen LogP contribution in [0.5, 0.6) is 5.75 Å². The summed E-state index contributed by atoms with van der Waals surface area (Å²) in [5, 5.41) is 13.6. The predicted molar refractivity (Wildman–Crippen MR) is 64.3 cm³/mol. The highest BCUT2D eigenvalue weighted by molar-refractivity contribution is 6.30. The van der Waals surface area contributed by atoms with Crippen LogP contribution in [0.2, 0.25) is 5.02 Å². The molecule has 1 aromatic carbocycles. The minimum Gasteiger partial charge on any atom is -0.508 e. The second-order valence-electron chi connectivity index (χ2n) is 3.67. The van der Waals surface area contributed by atoms with Crippen LogP contribution in [0.25, 0.3) is 0 Å². The highest BCUT2D eigenvalue weighted by Crippen LogP contribution is 2.21. The third-order valence-electron chi connectivity index (χ3n) is 2.61. The topological polar surface area (TPSA) is 32.3 Å². The highest BCUT2D eigenvalue weighted by atomic mass is 35.5. The highest BCUT2D eigenvalue weighted by Gasteiger charge is 2.05. The number of aromatic hydroxyl groups is 1. The molecule has 2 nitrogen and oxygen atoms in total. The summed E-state index contributed by atoms with van der Waals surface area (Å²) >= 11 is 5.86. The average molecular weight is 228 g/mol. The molecule has 0 aliphatic rings. The summed E-state index contributed by atoms with van der Waals surface area (Å²) in [7, 11) is 0. The second-order valence-corrected chi connectivity index (χ2v) is 4.10. The Hall–Kier alpha value is -0.730. The van der Waals surface area contributed by atoms with E-state index in [4.69, 9.17) is 11.6 Å². The Morgan fingerprint density at radius 2 is 2.00 bits per heavy atom. The van der Waals surface area contributed by atoms with Crippen molar-refractivity contribution >= 4 is 11.6 Å². The quantitative estimate of drug-likeness (QED) is 0.809. The maximum Gasteiger partial charge on any atom is 0.120 e. The van der Waals surface area contributed by atoms with Crippen molar-refractivity contribution in [3.8, 4) is 5.75 Å². The summed E-state index contributed by atoms with van der Waals surface area (Å²) in [6.45, 7) is 4.97. The van der Waals surface area contributed by atoms with E-state index in [0.29, 0.717) is 23.4 Å². The molecule has 0 aliphatic heterocycles. The number of halogens is 1. The first kappa shape index (κ1) is 12.3. The zero-order valence-corrected chi connectivity index (χ0v) is 10.0. The molecule has 0 amide bonds. The lowest BCUT2D eigenvalue weighted by Crippen LogP contribution is -2.26. The second kappa shape index (κ2) is 5.99. The Labute approximate surface area is 96.3 Å². The molecule has 0 bridgehead atoms. The van der Waals surface area contributed by atoms with Gasteiger partial charge in [0, 0.05) is 23.2 Å². The van der Waals surface area contributed by atoms with Gasteiger partial charge in [0.2, 0.25) is 0 Å². The van der Waals surface area contributed by atoms with Gasteiger partial charge in [-0.25, -0.2) is 0 Å². The minimum atomic E-state index is 0.304. The van der Waals surface area contributed by atoms with E-state index < -0.39 is 0 Å². The zero-order chi connectivity index (χ0) is 11.3. The number of hydrogen-bond acceptors (Lipinski definition) is 2. The lowest BCUT2D eigenvalue weighted by atomic mass is 10.1. The maximum atomic E-state index is 9.59. The molecule has 0 unspecified atom stereocenters. The van der Waals surface area contributed by atoms with Crippen LogP contribution in [-0.2, 0) is 6.54 Å². The first-order chi connectivity index (χ1) is 7.17. The van der Waals surface area contributed by atoms with Crippen molar-refractivity contribution in [1.82, 2.24) is 5.32 Å². The van der Waals surface area contributed by atoms with Crippen LogP contribution in [0.3, 0.4) is 0 Å². The summed E-state index contributed by atoms with van der Waals surface area (Å²) in [5.41, 5.74) is 0.856. The molecule has 0 saturated heterocycles. The van der Waals surface area contributed by atoms with Crippen LogP contribution in [0.4, 0.5) is 0 Å². The third kappa shape index (κ3) is 3.73. The Morgan fingerprint density at radius 1 is 1.33 bits per heavy atom. The third-order valence-corrected chi connectivity index (χ3v) is 2.84. The van der Waals surface area contributed by atoms with Gasteiger partial charge >= 0.3 is 0 Å². The fourth-order valence-electron chi connectivity index (χ4n) is 1.53. The minimum absolute atomic E-state index is 0.304. The molecule has 0 heterocycles. The molecular weight excluding hydrogens is 210 g/mol. The molecule has 84 valence electrons. The number of phenolic OH excluding ortho intramolecular Hbond substituents is 1. The van der Waals surface area contributed by atoms with Gasteiger partial charge < -0.3 is 10.4 Å². The van der Waals surface area contributed by atoms with Crippen LogP contribution in [0, 0.1) is 0 Å². The standard InChI is InChI=1S/C12H18ClNO/c1-3-11(4-2)14-8-9-7-10(13)5-6-12(9)15/h5-7,11,14-15H,3-4,8H2,1-2H3. The van der Waals surface area contributed by atoms with Crippen LogP contribution in [-0.4, -0.2) is 11.1 Å². The Kier molecular flexibility index (Phi) is 4.92. The van der Waals surface area contributed by atoms with Crippen molar-refractivity contribution < 1.29 is 5.11 Å². The fourth-order valence-corrected chi connectivity index (χ4v) is 1.72. The summed E-state index contributed by atoms with van der Waals surface area (Å²) in [5.74, 6) is 0.304. The van der Waals surface area contributed by atoms with Crippen LogP contribution < -0.4 is 5.32 Å². The number of phenols is 1. The molecule has 2 N–H and O–H groups in total. The number of rotatable bonds is 5. The van der Waals surface area contributed by atoms with E-state index in [1.54, 1.807) is 18.2 Å². The molecule has 0 aromatic heterocycles. The van der Waals surface area contributed by atoms with Gasteiger partial charge in [-0.2, -0.15) is 0 Å². The average Bonchev–Trinajstić information content (AvgIpc) is 2.24. The SMILES string of the molecule is CCC(CC)NCc1cc(Cl)ccc1O. The molecule has 0 radical (unpaired) electrons. The van der Waals surface area contributed by atoms with E-state index >= 15 is 0 Å². The van der Waals surface area contributed by atoms with Crippen LogP contribution in [0.1, 0.15) is 32.3 Å². The van der Waals surface area contributed by atoms with Crippen molar-refractivity contribution in [3.63, 3.8) is 0 Å². The van der Waals surface area contributed by atoms with Crippen molar-refractivity contribution in [2.24, 2.45) is 0 Å². The van der Waals surface area contributed by atoms with Gasteiger partial charge in [0.1, 0.15) is 5.75 Å². The molecule has 0 atom stereocenters. The van der Waals surface area contributed by atoms with Gasteiger partial charge in [-0.1, -0.05) is 25.4 Å². The fraction of sp³-hybridized carbons (Fsp3) is 0.500. The van der Waals surface area contributed by atoms with E-state index in [-0.39, 0.29) is 0 Å². The Morgan fingerprint density at radius 3 is 2.60 bits per heavy atom. The normalized spacial score (nSPS) is 10.9. The van der Waals surface area contributed by atoms with Gasteiger partial charge in [-0.05, 0) is 31.0 Å². The monoisotopic (exact) mass is 227 g/mol. The lowest BCUT2D eigenvalue weighted by molar-refractivity contribution is 0.447.